The van der Waals surface area contributed by atoms with Gasteiger partial charge < -0.3 is 15.1 Å². The number of rotatable bonds is 6. The minimum atomic E-state index is -0.0330. The fourth-order valence-corrected chi connectivity index (χ4v) is 3.93. The maximum Gasteiger partial charge on any atom is 0.216 e. The average molecular weight is 404 g/mol. The first-order valence-corrected chi connectivity index (χ1v) is 11.1. The molecule has 2 aromatic rings. The van der Waals surface area contributed by atoms with Gasteiger partial charge in [0.15, 0.2) is 5.96 Å². The number of piperidine rings is 1. The van der Waals surface area contributed by atoms with E-state index < -0.39 is 0 Å². The van der Waals surface area contributed by atoms with E-state index in [-0.39, 0.29) is 5.41 Å². The van der Waals surface area contributed by atoms with Gasteiger partial charge in [-0.3, -0.25) is 4.90 Å². The summed E-state index contributed by atoms with van der Waals surface area (Å²) in [6.07, 6.45) is 4.07. The number of hydrogen-bond acceptors (Lipinski definition) is 5. The summed E-state index contributed by atoms with van der Waals surface area (Å²) < 4.78 is 5.85. The van der Waals surface area contributed by atoms with Gasteiger partial charge in [0.25, 0.3) is 0 Å². The molecule has 1 saturated heterocycles. The molecule has 3 heterocycles. The lowest BCUT2D eigenvalue weighted by Crippen LogP contribution is -2.48. The maximum absolute atomic E-state index is 5.85. The van der Waals surface area contributed by atoms with Gasteiger partial charge in [-0.15, -0.1) is 0 Å². The van der Waals surface area contributed by atoms with E-state index in [0.717, 1.165) is 50.7 Å². The molecule has 0 spiro atoms. The van der Waals surface area contributed by atoms with E-state index in [1.165, 1.54) is 5.56 Å². The van der Waals surface area contributed by atoms with Crippen molar-refractivity contribution in [2.75, 3.05) is 19.6 Å². The zero-order chi connectivity index (χ0) is 20.0. The first-order chi connectivity index (χ1) is 13.4. The van der Waals surface area contributed by atoms with Crippen LogP contribution in [0.5, 0.6) is 0 Å². The maximum atomic E-state index is 5.85. The topological polar surface area (TPSA) is 65.7 Å². The predicted molar refractivity (Wildman–Crippen MR) is 116 cm³/mol. The lowest BCUT2D eigenvalue weighted by molar-refractivity contribution is 0.198. The SMILES string of the molecule is CCNC(=NCc1ncc(C(C)(C)C)o1)NC1CCN(Cc2ccsc2)CC1. The summed E-state index contributed by atoms with van der Waals surface area (Å²) in [6.45, 7) is 13.0. The number of thiophene rings is 1. The van der Waals surface area contributed by atoms with Gasteiger partial charge in [-0.05, 0) is 42.2 Å². The third kappa shape index (κ3) is 6.07. The van der Waals surface area contributed by atoms with Gasteiger partial charge in [0.05, 0.1) is 6.20 Å². The van der Waals surface area contributed by atoms with Crippen LogP contribution < -0.4 is 10.6 Å². The quantitative estimate of drug-likeness (QED) is 0.568. The van der Waals surface area contributed by atoms with Gasteiger partial charge in [-0.25, -0.2) is 9.98 Å². The van der Waals surface area contributed by atoms with Gasteiger partial charge in [-0.1, -0.05) is 20.8 Å². The van der Waals surface area contributed by atoms with E-state index in [2.05, 4.69) is 70.0 Å². The lowest BCUT2D eigenvalue weighted by Gasteiger charge is -2.32. The van der Waals surface area contributed by atoms with Crippen molar-refractivity contribution in [2.45, 2.75) is 65.1 Å². The summed E-state index contributed by atoms with van der Waals surface area (Å²) in [6, 6.07) is 2.67. The molecule has 1 aliphatic rings. The van der Waals surface area contributed by atoms with E-state index in [4.69, 9.17) is 4.42 Å². The molecule has 0 saturated carbocycles. The fourth-order valence-electron chi connectivity index (χ4n) is 3.27. The molecule has 3 rings (SSSR count). The molecule has 28 heavy (non-hydrogen) atoms. The standard InChI is InChI=1S/C21H33N5OS/c1-5-22-20(24-13-19-23-12-18(27-19)21(2,3)4)25-17-6-9-26(10-7-17)14-16-8-11-28-15-16/h8,11-12,15,17H,5-7,9-10,13-14H2,1-4H3,(H2,22,24,25). The molecule has 1 aliphatic heterocycles. The Hall–Kier alpha value is -1.86. The third-order valence-electron chi connectivity index (χ3n) is 4.92. The Morgan fingerprint density at radius 3 is 2.75 bits per heavy atom. The number of nitrogens with one attached hydrogen (secondary N) is 2. The summed E-state index contributed by atoms with van der Waals surface area (Å²) in [5, 5.41) is 11.3. The van der Waals surface area contributed by atoms with E-state index in [1.807, 2.05) is 6.20 Å². The highest BCUT2D eigenvalue weighted by Crippen LogP contribution is 2.22. The molecule has 154 valence electrons. The summed E-state index contributed by atoms with van der Waals surface area (Å²) in [5.74, 6) is 2.40. The molecule has 7 heteroatoms. The van der Waals surface area contributed by atoms with Crippen molar-refractivity contribution in [1.82, 2.24) is 20.5 Å². The minimum Gasteiger partial charge on any atom is -0.443 e. The van der Waals surface area contributed by atoms with Crippen molar-refractivity contribution in [3.05, 3.63) is 40.2 Å². The molecule has 2 aromatic heterocycles. The number of aliphatic imine (C=N–C) groups is 1. The van der Waals surface area contributed by atoms with Crippen LogP contribution in [0.2, 0.25) is 0 Å². The second-order valence-electron chi connectivity index (χ2n) is 8.39. The molecule has 0 aliphatic carbocycles. The monoisotopic (exact) mass is 403 g/mol. The Morgan fingerprint density at radius 2 is 2.14 bits per heavy atom. The minimum absolute atomic E-state index is 0.0330. The van der Waals surface area contributed by atoms with Gasteiger partial charge in [-0.2, -0.15) is 11.3 Å². The van der Waals surface area contributed by atoms with Crippen LogP contribution in [0.1, 0.15) is 57.8 Å². The van der Waals surface area contributed by atoms with Crippen LogP contribution in [0.15, 0.2) is 32.4 Å². The zero-order valence-corrected chi connectivity index (χ0v) is 18.3. The van der Waals surface area contributed by atoms with E-state index in [0.29, 0.717) is 18.5 Å². The van der Waals surface area contributed by atoms with Crippen molar-refractivity contribution in [3.8, 4) is 0 Å². The van der Waals surface area contributed by atoms with E-state index in [1.54, 1.807) is 11.3 Å². The van der Waals surface area contributed by atoms with Crippen LogP contribution >= 0.6 is 11.3 Å². The van der Waals surface area contributed by atoms with Gasteiger partial charge in [0.1, 0.15) is 12.3 Å². The van der Waals surface area contributed by atoms with Crippen molar-refractivity contribution in [3.63, 3.8) is 0 Å². The van der Waals surface area contributed by atoms with Gasteiger partial charge in [0.2, 0.25) is 5.89 Å². The molecule has 2 N–H and O–H groups in total. The second-order valence-corrected chi connectivity index (χ2v) is 9.17. The summed E-state index contributed by atoms with van der Waals surface area (Å²) in [7, 11) is 0. The number of likely N-dealkylation sites (tertiary alicyclic amines) is 1. The van der Waals surface area contributed by atoms with Gasteiger partial charge in [0, 0.05) is 37.6 Å². The molecule has 0 atom stereocenters. The largest absolute Gasteiger partial charge is 0.443 e. The Balaban J connectivity index is 1.50. The summed E-state index contributed by atoms with van der Waals surface area (Å²) in [5.41, 5.74) is 1.39. The first-order valence-electron chi connectivity index (χ1n) is 10.2. The second kappa shape index (κ2) is 9.56. The number of hydrogen-bond donors (Lipinski definition) is 2. The van der Waals surface area contributed by atoms with Crippen LogP contribution in [0.3, 0.4) is 0 Å². The van der Waals surface area contributed by atoms with Crippen LogP contribution in [0.25, 0.3) is 0 Å². The molecule has 0 aromatic carbocycles. The molecule has 0 amide bonds. The van der Waals surface area contributed by atoms with Crippen molar-refractivity contribution < 1.29 is 4.42 Å². The summed E-state index contributed by atoms with van der Waals surface area (Å²) >= 11 is 1.77. The molecular weight excluding hydrogens is 370 g/mol. The molecule has 0 unspecified atom stereocenters. The highest BCUT2D eigenvalue weighted by atomic mass is 32.1. The fraction of sp³-hybridized carbons (Fsp3) is 0.619. The number of guanidine groups is 1. The van der Waals surface area contributed by atoms with E-state index >= 15 is 0 Å². The van der Waals surface area contributed by atoms with Gasteiger partial charge >= 0.3 is 0 Å². The van der Waals surface area contributed by atoms with Crippen LogP contribution in [0.4, 0.5) is 0 Å². The Morgan fingerprint density at radius 1 is 1.36 bits per heavy atom. The zero-order valence-electron chi connectivity index (χ0n) is 17.5. The Kier molecular flexibility index (Phi) is 7.13. The molecule has 6 nitrogen and oxygen atoms in total. The van der Waals surface area contributed by atoms with Crippen LogP contribution in [-0.4, -0.2) is 41.5 Å². The van der Waals surface area contributed by atoms with Crippen molar-refractivity contribution in [1.29, 1.82) is 0 Å². The summed E-state index contributed by atoms with van der Waals surface area (Å²) in [4.78, 5) is 11.6. The lowest BCUT2D eigenvalue weighted by atomic mass is 9.94. The Labute approximate surface area is 172 Å². The normalized spacial score (nSPS) is 17.1. The number of oxazole rings is 1. The first kappa shape index (κ1) is 20.9. The molecule has 1 fully saturated rings. The highest BCUT2D eigenvalue weighted by molar-refractivity contribution is 7.07. The Bertz CT molecular complexity index is 739. The molecular formula is C21H33N5OS. The average Bonchev–Trinajstić information content (AvgIpc) is 3.33. The van der Waals surface area contributed by atoms with Crippen molar-refractivity contribution >= 4 is 17.3 Å². The molecule has 0 bridgehead atoms. The third-order valence-corrected chi connectivity index (χ3v) is 5.66. The van der Waals surface area contributed by atoms with E-state index in [9.17, 15) is 0 Å². The molecule has 0 radical (unpaired) electrons. The highest BCUT2D eigenvalue weighted by Gasteiger charge is 2.21. The number of nitrogens with zero attached hydrogens (tertiary/aromatic N) is 3. The van der Waals surface area contributed by atoms with Crippen molar-refractivity contribution in [2.24, 2.45) is 4.99 Å². The van der Waals surface area contributed by atoms with Crippen LogP contribution in [-0.2, 0) is 18.5 Å². The smallest absolute Gasteiger partial charge is 0.216 e. The predicted octanol–water partition coefficient (Wildman–Crippen LogP) is 3.75. The number of aromatic nitrogens is 1. The van der Waals surface area contributed by atoms with Crippen LogP contribution in [0, 0.1) is 0 Å².